The van der Waals surface area contributed by atoms with Crippen molar-refractivity contribution < 1.29 is 13.2 Å². The molecule has 2 aromatic rings. The third kappa shape index (κ3) is 5.81. The highest BCUT2D eigenvalue weighted by Crippen LogP contribution is 2.16. The third-order valence-electron chi connectivity index (χ3n) is 4.47. The molecular weight excluding hydrogens is 374 g/mol. The molecule has 0 bridgehead atoms. The molecule has 0 aromatic heterocycles. The van der Waals surface area contributed by atoms with E-state index in [2.05, 4.69) is 21.9 Å². The average molecular weight is 404 g/mol. The Kier molecular flexibility index (Phi) is 7.60. The van der Waals surface area contributed by atoms with Gasteiger partial charge < -0.3 is 10.2 Å². The predicted octanol–water partition coefficient (Wildman–Crippen LogP) is 2.86. The van der Waals surface area contributed by atoms with Gasteiger partial charge in [-0.25, -0.2) is 13.1 Å². The normalized spacial score (nSPS) is 11.3. The summed E-state index contributed by atoms with van der Waals surface area (Å²) in [5.74, 6) is -0.226. The molecule has 0 atom stereocenters. The van der Waals surface area contributed by atoms with Crippen molar-refractivity contribution in [2.75, 3.05) is 31.6 Å². The van der Waals surface area contributed by atoms with Crippen LogP contribution in [0.2, 0.25) is 0 Å². The van der Waals surface area contributed by atoms with Crippen molar-refractivity contribution in [2.24, 2.45) is 0 Å². The molecule has 0 radical (unpaired) electrons. The van der Waals surface area contributed by atoms with E-state index in [9.17, 15) is 13.2 Å². The van der Waals surface area contributed by atoms with Gasteiger partial charge in [0.25, 0.3) is 5.91 Å². The van der Waals surface area contributed by atoms with Gasteiger partial charge in [-0.3, -0.25) is 4.79 Å². The van der Waals surface area contributed by atoms with E-state index in [1.54, 1.807) is 31.2 Å². The zero-order valence-corrected chi connectivity index (χ0v) is 17.8. The molecule has 6 nitrogen and oxygen atoms in total. The number of anilines is 1. The topological polar surface area (TPSA) is 78.5 Å². The lowest BCUT2D eigenvalue weighted by atomic mass is 10.2. The van der Waals surface area contributed by atoms with Crippen molar-refractivity contribution in [1.29, 1.82) is 0 Å². The number of carbonyl (C=O) groups excluding carboxylic acids is 1. The van der Waals surface area contributed by atoms with E-state index in [1.807, 2.05) is 32.2 Å². The fraction of sp³-hybridized carbons (Fsp3) is 0.381. The summed E-state index contributed by atoms with van der Waals surface area (Å²) in [5, 5.41) is 2.74. The summed E-state index contributed by atoms with van der Waals surface area (Å²) in [6, 6.07) is 12.7. The lowest BCUT2D eigenvalue weighted by Crippen LogP contribution is -2.35. The number of nitrogens with one attached hydrogen (secondary N) is 2. The number of carbonyl (C=O) groups is 1. The number of nitrogens with zero attached hydrogens (tertiary/aromatic N) is 1. The summed E-state index contributed by atoms with van der Waals surface area (Å²) in [5.41, 5.74) is 3.17. The minimum Gasteiger partial charge on any atom is -0.375 e. The lowest BCUT2D eigenvalue weighted by molar-refractivity contribution is 0.0954. The average Bonchev–Trinajstić information content (AvgIpc) is 2.67. The molecule has 7 heteroatoms. The molecular formula is C21H29N3O3S. The number of amides is 1. The quantitative estimate of drug-likeness (QED) is 0.631. The first-order valence-electron chi connectivity index (χ1n) is 9.41. The SMILES string of the molecule is CCCN(C)c1ccc(C(=O)NCCNS(=O)(=O)c2cc(C)ccc2C)cc1. The van der Waals surface area contributed by atoms with E-state index in [4.69, 9.17) is 0 Å². The van der Waals surface area contributed by atoms with Crippen molar-refractivity contribution in [2.45, 2.75) is 32.1 Å². The number of hydrogen-bond donors (Lipinski definition) is 2. The van der Waals surface area contributed by atoms with Gasteiger partial charge in [-0.05, 0) is 61.7 Å². The van der Waals surface area contributed by atoms with Crippen molar-refractivity contribution in [1.82, 2.24) is 10.0 Å². The molecule has 0 unspecified atom stereocenters. The molecule has 2 aromatic carbocycles. The molecule has 0 aliphatic carbocycles. The van der Waals surface area contributed by atoms with Crippen LogP contribution in [0, 0.1) is 13.8 Å². The standard InChI is InChI=1S/C21H29N3O3S/c1-5-14-24(4)19-10-8-18(9-11-19)21(25)22-12-13-23-28(26,27)20-15-16(2)6-7-17(20)3/h6-11,15,23H,5,12-14H2,1-4H3,(H,22,25). The van der Waals surface area contributed by atoms with Crippen LogP contribution < -0.4 is 14.9 Å². The first kappa shape index (κ1) is 21.9. The zero-order valence-electron chi connectivity index (χ0n) is 17.0. The second kappa shape index (κ2) is 9.71. The fourth-order valence-electron chi connectivity index (χ4n) is 2.87. The molecule has 0 saturated heterocycles. The van der Waals surface area contributed by atoms with E-state index in [0.717, 1.165) is 24.2 Å². The van der Waals surface area contributed by atoms with Crippen LogP contribution in [-0.2, 0) is 10.0 Å². The minimum absolute atomic E-state index is 0.124. The van der Waals surface area contributed by atoms with E-state index in [0.29, 0.717) is 11.1 Å². The second-order valence-electron chi connectivity index (χ2n) is 6.89. The highest BCUT2D eigenvalue weighted by atomic mass is 32.2. The van der Waals surface area contributed by atoms with Crippen molar-refractivity contribution in [3.8, 4) is 0 Å². The third-order valence-corrected chi connectivity index (χ3v) is 6.07. The maximum absolute atomic E-state index is 12.4. The number of benzene rings is 2. The van der Waals surface area contributed by atoms with E-state index in [-0.39, 0.29) is 23.9 Å². The van der Waals surface area contributed by atoms with Crippen LogP contribution in [0.4, 0.5) is 5.69 Å². The fourth-order valence-corrected chi connectivity index (χ4v) is 4.23. The molecule has 0 saturated carbocycles. The van der Waals surface area contributed by atoms with Crippen LogP contribution in [0.15, 0.2) is 47.4 Å². The Labute approximate surface area is 168 Å². The molecule has 152 valence electrons. The molecule has 0 aliphatic rings. The van der Waals surface area contributed by atoms with Crippen molar-refractivity contribution in [3.63, 3.8) is 0 Å². The monoisotopic (exact) mass is 403 g/mol. The van der Waals surface area contributed by atoms with Crippen molar-refractivity contribution in [3.05, 3.63) is 59.2 Å². The molecule has 2 rings (SSSR count). The molecule has 28 heavy (non-hydrogen) atoms. The molecule has 0 spiro atoms. The Balaban J connectivity index is 1.87. The Bertz CT molecular complexity index is 909. The predicted molar refractivity (Wildman–Crippen MR) is 113 cm³/mol. The second-order valence-corrected chi connectivity index (χ2v) is 8.63. The first-order valence-corrected chi connectivity index (χ1v) is 10.9. The number of hydrogen-bond acceptors (Lipinski definition) is 4. The number of sulfonamides is 1. The zero-order chi connectivity index (χ0) is 20.7. The highest BCUT2D eigenvalue weighted by Gasteiger charge is 2.16. The molecule has 0 aliphatic heterocycles. The largest absolute Gasteiger partial charge is 0.375 e. The summed E-state index contributed by atoms with van der Waals surface area (Å²) < 4.78 is 27.4. The van der Waals surface area contributed by atoms with E-state index < -0.39 is 10.0 Å². The summed E-state index contributed by atoms with van der Waals surface area (Å²) in [7, 11) is -1.59. The number of rotatable bonds is 9. The van der Waals surface area contributed by atoms with Gasteiger partial charge >= 0.3 is 0 Å². The summed E-state index contributed by atoms with van der Waals surface area (Å²) in [6.45, 7) is 7.01. The Hall–Kier alpha value is -2.38. The van der Waals surface area contributed by atoms with Crippen LogP contribution in [0.25, 0.3) is 0 Å². The van der Waals surface area contributed by atoms with E-state index in [1.165, 1.54) is 0 Å². The van der Waals surface area contributed by atoms with E-state index >= 15 is 0 Å². The molecule has 1 amide bonds. The maximum Gasteiger partial charge on any atom is 0.251 e. The van der Waals surface area contributed by atoms with Crippen LogP contribution in [0.5, 0.6) is 0 Å². The molecule has 0 fully saturated rings. The maximum atomic E-state index is 12.4. The van der Waals surface area contributed by atoms with Crippen LogP contribution in [-0.4, -0.2) is 41.0 Å². The van der Waals surface area contributed by atoms with Gasteiger partial charge in [0.2, 0.25) is 10.0 Å². The summed E-state index contributed by atoms with van der Waals surface area (Å²) in [6.07, 6.45) is 1.05. The lowest BCUT2D eigenvalue weighted by Gasteiger charge is -2.18. The minimum atomic E-state index is -3.60. The highest BCUT2D eigenvalue weighted by molar-refractivity contribution is 7.89. The Morgan fingerprint density at radius 2 is 1.71 bits per heavy atom. The van der Waals surface area contributed by atoms with Crippen LogP contribution in [0.1, 0.15) is 34.8 Å². The van der Waals surface area contributed by atoms with Gasteiger partial charge in [0.05, 0.1) is 4.90 Å². The molecule has 2 N–H and O–H groups in total. The van der Waals surface area contributed by atoms with Gasteiger partial charge in [0.15, 0.2) is 0 Å². The summed E-state index contributed by atoms with van der Waals surface area (Å²) in [4.78, 5) is 14.6. The smallest absolute Gasteiger partial charge is 0.251 e. The molecule has 0 heterocycles. The van der Waals surface area contributed by atoms with Gasteiger partial charge in [0.1, 0.15) is 0 Å². The van der Waals surface area contributed by atoms with Crippen molar-refractivity contribution >= 4 is 21.6 Å². The van der Waals surface area contributed by atoms with Gasteiger partial charge in [0, 0.05) is 37.9 Å². The van der Waals surface area contributed by atoms with Gasteiger partial charge in [-0.2, -0.15) is 0 Å². The van der Waals surface area contributed by atoms with Gasteiger partial charge in [-0.15, -0.1) is 0 Å². The van der Waals surface area contributed by atoms with Crippen LogP contribution in [0.3, 0.4) is 0 Å². The number of aryl methyl sites for hydroxylation is 2. The van der Waals surface area contributed by atoms with Crippen LogP contribution >= 0.6 is 0 Å². The van der Waals surface area contributed by atoms with Gasteiger partial charge in [-0.1, -0.05) is 19.1 Å². The summed E-state index contributed by atoms with van der Waals surface area (Å²) >= 11 is 0. The Morgan fingerprint density at radius 3 is 2.36 bits per heavy atom. The Morgan fingerprint density at radius 1 is 1.04 bits per heavy atom. The first-order chi connectivity index (χ1) is 13.2.